The van der Waals surface area contributed by atoms with Gasteiger partial charge in [-0.2, -0.15) is 4.39 Å². The van der Waals surface area contributed by atoms with Crippen LogP contribution in [-0.2, 0) is 6.42 Å². The highest BCUT2D eigenvalue weighted by atomic mass is 19.1. The summed E-state index contributed by atoms with van der Waals surface area (Å²) in [7, 11) is 0. The molecule has 5 heteroatoms. The SMILES string of the molecule is CC1(C)COc2cc(F)c([N+](=O)[O-])cc2C1. The maximum Gasteiger partial charge on any atom is 0.305 e. The van der Waals surface area contributed by atoms with Gasteiger partial charge in [-0.3, -0.25) is 10.1 Å². The van der Waals surface area contributed by atoms with Gasteiger partial charge < -0.3 is 4.74 Å². The Morgan fingerprint density at radius 2 is 2.19 bits per heavy atom. The molecule has 0 aromatic heterocycles. The van der Waals surface area contributed by atoms with Crippen LogP contribution < -0.4 is 4.74 Å². The van der Waals surface area contributed by atoms with E-state index in [1.54, 1.807) is 0 Å². The molecule has 16 heavy (non-hydrogen) atoms. The molecule has 0 N–H and O–H groups in total. The van der Waals surface area contributed by atoms with Crippen molar-refractivity contribution in [2.45, 2.75) is 20.3 Å². The summed E-state index contributed by atoms with van der Waals surface area (Å²) in [6, 6.07) is 2.37. The minimum atomic E-state index is -0.844. The molecule has 0 fully saturated rings. The fraction of sp³-hybridized carbons (Fsp3) is 0.455. The average Bonchev–Trinajstić information content (AvgIpc) is 2.16. The number of hydrogen-bond donors (Lipinski definition) is 0. The smallest absolute Gasteiger partial charge is 0.305 e. The molecule has 0 spiro atoms. The largest absolute Gasteiger partial charge is 0.493 e. The summed E-state index contributed by atoms with van der Waals surface area (Å²) in [5, 5.41) is 10.6. The van der Waals surface area contributed by atoms with Crippen LogP contribution in [0.5, 0.6) is 5.75 Å². The summed E-state index contributed by atoms with van der Waals surface area (Å²) in [6.07, 6.45) is 0.656. The van der Waals surface area contributed by atoms with Gasteiger partial charge in [-0.15, -0.1) is 0 Å². The van der Waals surface area contributed by atoms with Crippen molar-refractivity contribution in [3.8, 4) is 5.75 Å². The quantitative estimate of drug-likeness (QED) is 0.545. The van der Waals surface area contributed by atoms with E-state index in [1.165, 1.54) is 6.07 Å². The maximum absolute atomic E-state index is 13.3. The van der Waals surface area contributed by atoms with E-state index in [9.17, 15) is 14.5 Å². The lowest BCUT2D eigenvalue weighted by Crippen LogP contribution is -2.28. The molecular weight excluding hydrogens is 213 g/mol. The van der Waals surface area contributed by atoms with Crippen LogP contribution in [0.25, 0.3) is 0 Å². The van der Waals surface area contributed by atoms with Crippen molar-refractivity contribution in [3.05, 3.63) is 33.6 Å². The second kappa shape index (κ2) is 3.43. The number of rotatable bonds is 1. The van der Waals surface area contributed by atoms with Crippen LogP contribution in [0.15, 0.2) is 12.1 Å². The van der Waals surface area contributed by atoms with Gasteiger partial charge in [0.05, 0.1) is 11.5 Å². The highest BCUT2D eigenvalue weighted by Crippen LogP contribution is 2.37. The summed E-state index contributed by atoms with van der Waals surface area (Å²) in [5.74, 6) is -0.425. The number of fused-ring (bicyclic) bond motifs is 1. The van der Waals surface area contributed by atoms with E-state index in [4.69, 9.17) is 4.74 Å². The Bertz CT molecular complexity index is 457. The molecule has 0 atom stereocenters. The molecule has 0 saturated carbocycles. The number of halogens is 1. The van der Waals surface area contributed by atoms with E-state index in [0.29, 0.717) is 24.3 Å². The lowest BCUT2D eigenvalue weighted by molar-refractivity contribution is -0.387. The van der Waals surface area contributed by atoms with Crippen molar-refractivity contribution < 1.29 is 14.1 Å². The van der Waals surface area contributed by atoms with Gasteiger partial charge >= 0.3 is 5.69 Å². The van der Waals surface area contributed by atoms with Crippen LogP contribution in [0.3, 0.4) is 0 Å². The van der Waals surface area contributed by atoms with Crippen LogP contribution in [0, 0.1) is 21.3 Å². The van der Waals surface area contributed by atoms with Gasteiger partial charge in [0.25, 0.3) is 0 Å². The third kappa shape index (κ3) is 1.85. The van der Waals surface area contributed by atoms with Gasteiger partial charge in [0, 0.05) is 23.1 Å². The lowest BCUT2D eigenvalue weighted by Gasteiger charge is -2.31. The lowest BCUT2D eigenvalue weighted by atomic mass is 9.84. The van der Waals surface area contributed by atoms with Crippen LogP contribution in [0.4, 0.5) is 10.1 Å². The number of nitro groups is 1. The number of nitrogens with zero attached hydrogens (tertiary/aromatic N) is 1. The second-order valence-electron chi connectivity index (χ2n) is 4.80. The minimum Gasteiger partial charge on any atom is -0.493 e. The first-order valence-electron chi connectivity index (χ1n) is 4.99. The number of nitro benzene ring substituents is 1. The molecule has 1 aromatic carbocycles. The van der Waals surface area contributed by atoms with E-state index >= 15 is 0 Å². The van der Waals surface area contributed by atoms with Gasteiger partial charge in [-0.25, -0.2) is 0 Å². The summed E-state index contributed by atoms with van der Waals surface area (Å²) in [5.41, 5.74) is 0.142. The molecule has 0 unspecified atom stereocenters. The topological polar surface area (TPSA) is 52.4 Å². The fourth-order valence-electron chi connectivity index (χ4n) is 1.84. The summed E-state index contributed by atoms with van der Waals surface area (Å²) >= 11 is 0. The van der Waals surface area contributed by atoms with Gasteiger partial charge in [-0.05, 0) is 6.42 Å². The van der Waals surface area contributed by atoms with Crippen LogP contribution in [-0.4, -0.2) is 11.5 Å². The summed E-state index contributed by atoms with van der Waals surface area (Å²) in [4.78, 5) is 9.88. The first kappa shape index (κ1) is 10.9. The molecule has 2 rings (SSSR count). The van der Waals surface area contributed by atoms with E-state index in [2.05, 4.69) is 0 Å². The molecule has 4 nitrogen and oxygen atoms in total. The molecule has 86 valence electrons. The van der Waals surface area contributed by atoms with Crippen molar-refractivity contribution in [1.82, 2.24) is 0 Å². The Morgan fingerprint density at radius 1 is 1.50 bits per heavy atom. The highest BCUT2D eigenvalue weighted by molar-refractivity contribution is 5.46. The second-order valence-corrected chi connectivity index (χ2v) is 4.80. The predicted octanol–water partition coefficient (Wildman–Crippen LogP) is 2.70. The Kier molecular flexibility index (Phi) is 2.33. The molecule has 0 radical (unpaired) electrons. The van der Waals surface area contributed by atoms with Crippen molar-refractivity contribution in [2.75, 3.05) is 6.61 Å². The summed E-state index contributed by atoms with van der Waals surface area (Å²) in [6.45, 7) is 4.51. The van der Waals surface area contributed by atoms with E-state index in [1.807, 2.05) is 13.8 Å². The Morgan fingerprint density at radius 3 is 2.81 bits per heavy atom. The highest BCUT2D eigenvalue weighted by Gasteiger charge is 2.29. The van der Waals surface area contributed by atoms with Gasteiger partial charge in [0.1, 0.15) is 5.75 Å². The fourth-order valence-corrected chi connectivity index (χ4v) is 1.84. The van der Waals surface area contributed by atoms with Gasteiger partial charge in [0.15, 0.2) is 0 Å². The zero-order valence-electron chi connectivity index (χ0n) is 9.12. The Labute approximate surface area is 92.2 Å². The van der Waals surface area contributed by atoms with E-state index < -0.39 is 16.4 Å². The normalized spacial score (nSPS) is 17.4. The van der Waals surface area contributed by atoms with Crippen molar-refractivity contribution in [3.63, 3.8) is 0 Å². The van der Waals surface area contributed by atoms with Gasteiger partial charge in [0.2, 0.25) is 5.82 Å². The molecule has 0 aliphatic carbocycles. The molecule has 0 saturated heterocycles. The molecule has 0 amide bonds. The molecule has 0 bridgehead atoms. The zero-order chi connectivity index (χ0) is 11.9. The molecule has 1 aliphatic rings. The average molecular weight is 225 g/mol. The van der Waals surface area contributed by atoms with Gasteiger partial charge in [-0.1, -0.05) is 13.8 Å². The first-order chi connectivity index (χ1) is 7.39. The number of benzene rings is 1. The standard InChI is InChI=1S/C11H12FNO3/c1-11(2)5-7-3-9(13(14)15)8(12)4-10(7)16-6-11/h3-4H,5-6H2,1-2H3. The van der Waals surface area contributed by atoms with Crippen LogP contribution in [0.1, 0.15) is 19.4 Å². The monoisotopic (exact) mass is 225 g/mol. The maximum atomic E-state index is 13.3. The Hall–Kier alpha value is -1.65. The summed E-state index contributed by atoms with van der Waals surface area (Å²) < 4.78 is 18.7. The van der Waals surface area contributed by atoms with E-state index in [-0.39, 0.29) is 5.41 Å². The molecule has 1 heterocycles. The van der Waals surface area contributed by atoms with E-state index in [0.717, 1.165) is 6.07 Å². The number of hydrogen-bond acceptors (Lipinski definition) is 3. The zero-order valence-corrected chi connectivity index (χ0v) is 9.12. The van der Waals surface area contributed by atoms with Crippen molar-refractivity contribution in [2.24, 2.45) is 5.41 Å². The number of ether oxygens (including phenoxy) is 1. The van der Waals surface area contributed by atoms with Crippen molar-refractivity contribution >= 4 is 5.69 Å². The molecule has 1 aromatic rings. The predicted molar refractivity (Wildman–Crippen MR) is 56.0 cm³/mol. The minimum absolute atomic E-state index is 0.0707. The molecule has 1 aliphatic heterocycles. The third-order valence-corrected chi connectivity index (χ3v) is 2.61. The first-order valence-corrected chi connectivity index (χ1v) is 4.99. The molecular formula is C11H12FNO3. The third-order valence-electron chi connectivity index (χ3n) is 2.61. The van der Waals surface area contributed by atoms with Crippen LogP contribution in [0.2, 0.25) is 0 Å². The van der Waals surface area contributed by atoms with Crippen molar-refractivity contribution in [1.29, 1.82) is 0 Å². The Balaban J connectivity index is 2.48. The van der Waals surface area contributed by atoms with Crippen LogP contribution >= 0.6 is 0 Å².